The molecule has 1 aliphatic heterocycles. The van der Waals surface area contributed by atoms with E-state index in [0.29, 0.717) is 0 Å². The van der Waals surface area contributed by atoms with Gasteiger partial charge in [0.2, 0.25) is 0 Å². The Morgan fingerprint density at radius 3 is 2.55 bits per heavy atom. The van der Waals surface area contributed by atoms with Crippen LogP contribution in [0.4, 0.5) is 0 Å². The van der Waals surface area contributed by atoms with E-state index in [4.69, 9.17) is 19.7 Å². The van der Waals surface area contributed by atoms with Crippen molar-refractivity contribution in [3.05, 3.63) is 0 Å². The van der Waals surface area contributed by atoms with Gasteiger partial charge in [-0.2, -0.15) is 8.42 Å². The third kappa shape index (κ3) is 5.09. The highest BCUT2D eigenvalue weighted by Crippen LogP contribution is 2.25. The lowest BCUT2D eigenvalue weighted by Crippen LogP contribution is -2.57. The summed E-state index contributed by atoms with van der Waals surface area (Å²) in [6, 6.07) is 0. The molecule has 1 rings (SSSR count). The predicted octanol–water partition coefficient (Wildman–Crippen LogP) is -1.61. The van der Waals surface area contributed by atoms with Crippen LogP contribution in [0.15, 0.2) is 0 Å². The minimum atomic E-state index is -4.89. The number of carbonyl (C=O) groups is 1. The molecular weight excluding hydrogens is 328 g/mol. The second-order valence-corrected chi connectivity index (χ2v) is 4.93. The van der Waals surface area contributed by atoms with Crippen LogP contribution in [0, 0.1) is 0 Å². The highest BCUT2D eigenvalue weighted by molar-refractivity contribution is 7.89. The normalized spacial score (nSPS) is 31.1. The second-order valence-electron chi connectivity index (χ2n) is 3.42. The van der Waals surface area contributed by atoms with Gasteiger partial charge in [-0.1, -0.05) is 5.04 Å². The summed E-state index contributed by atoms with van der Waals surface area (Å²) in [5, 5.41) is 29.7. The van der Waals surface area contributed by atoms with Gasteiger partial charge >= 0.3 is 16.4 Å². The molecule has 0 amide bonds. The molecule has 0 spiro atoms. The van der Waals surface area contributed by atoms with Crippen LogP contribution in [0.2, 0.25) is 0 Å². The number of hydrogen-bond donors (Lipinski definition) is 4. The Balaban J connectivity index is 2.77. The summed E-state index contributed by atoms with van der Waals surface area (Å²) in [5.41, 5.74) is 0. The van der Waals surface area contributed by atoms with Crippen molar-refractivity contribution in [1.82, 2.24) is 0 Å². The van der Waals surface area contributed by atoms with Crippen molar-refractivity contribution in [3.63, 3.8) is 0 Å². The van der Waals surface area contributed by atoms with Gasteiger partial charge in [-0.05, 0) is 0 Å². The number of carboxylic acids is 1. The lowest BCUT2D eigenvalue weighted by Gasteiger charge is -2.35. The Kier molecular flexibility index (Phi) is 6.52. The molecule has 1 saturated heterocycles. The summed E-state index contributed by atoms with van der Waals surface area (Å²) in [4.78, 5) is 10.9. The van der Waals surface area contributed by atoms with Gasteiger partial charge in [-0.25, -0.2) is 14.2 Å². The smallest absolute Gasteiger partial charge is 0.397 e. The van der Waals surface area contributed by atoms with E-state index in [9.17, 15) is 18.3 Å². The summed E-state index contributed by atoms with van der Waals surface area (Å²) >= 11 is -0.0384. The zero-order valence-electron chi connectivity index (χ0n) is 9.39. The molecule has 2 unspecified atom stereocenters. The molecule has 118 valence electrons. The van der Waals surface area contributed by atoms with E-state index in [-0.39, 0.29) is 12.3 Å². The molecule has 0 radical (unpaired) electrons. The van der Waals surface area contributed by atoms with Gasteiger partial charge in [-0.15, -0.1) is 4.33 Å². The molecular formula is C6H10O12S2. The molecule has 0 bridgehead atoms. The average Bonchev–Trinajstić information content (AvgIpc) is 2.32. The van der Waals surface area contributed by atoms with Crippen molar-refractivity contribution in [1.29, 1.82) is 0 Å². The van der Waals surface area contributed by atoms with Crippen molar-refractivity contribution < 1.29 is 55.7 Å². The predicted molar refractivity (Wildman–Crippen MR) is 57.1 cm³/mol. The van der Waals surface area contributed by atoms with Crippen LogP contribution >= 0.6 is 12.3 Å². The third-order valence-corrected chi connectivity index (χ3v) is 3.06. The molecule has 1 aliphatic rings. The standard InChI is InChI=1S/C6H10O12S2/c7-3-2(16-20(11,12)13)1-14-5(6(8)9)4(3)15-19-18-17-10/h2-5,7,10H,1H2,(H,8,9)(H,11,12,13)/t2?,3-,4+,5?/m0/s1. The molecule has 1 heterocycles. The summed E-state index contributed by atoms with van der Waals surface area (Å²) < 4.78 is 47.0. The van der Waals surface area contributed by atoms with Gasteiger partial charge in [0.05, 0.1) is 6.61 Å². The van der Waals surface area contributed by atoms with E-state index in [1.807, 2.05) is 0 Å². The number of rotatable bonds is 7. The number of aliphatic carboxylic acids is 1. The Hall–Kier alpha value is -0.550. The maximum atomic E-state index is 10.9. The van der Waals surface area contributed by atoms with Gasteiger partial charge in [0.1, 0.15) is 18.3 Å². The molecule has 4 N–H and O–H groups in total. The lowest BCUT2D eigenvalue weighted by molar-refractivity contribution is -0.434. The van der Waals surface area contributed by atoms with E-state index in [2.05, 4.69) is 17.7 Å². The second kappa shape index (κ2) is 7.46. The Morgan fingerprint density at radius 2 is 2.05 bits per heavy atom. The number of ether oxygens (including phenoxy) is 1. The van der Waals surface area contributed by atoms with Crippen LogP contribution in [0.25, 0.3) is 0 Å². The summed E-state index contributed by atoms with van der Waals surface area (Å²) in [7, 11) is -4.89. The Labute approximate surface area is 116 Å². The first kappa shape index (κ1) is 17.5. The monoisotopic (exact) mass is 338 g/mol. The van der Waals surface area contributed by atoms with Crippen LogP contribution in [0.1, 0.15) is 0 Å². The van der Waals surface area contributed by atoms with E-state index < -0.39 is 47.4 Å². The van der Waals surface area contributed by atoms with Crippen molar-refractivity contribution in [2.45, 2.75) is 24.4 Å². The van der Waals surface area contributed by atoms with Gasteiger partial charge < -0.3 is 14.9 Å². The minimum absolute atomic E-state index is 0.0384. The van der Waals surface area contributed by atoms with Crippen molar-refractivity contribution in [2.75, 3.05) is 6.61 Å². The van der Waals surface area contributed by atoms with E-state index in [1.165, 1.54) is 0 Å². The first-order valence-corrected chi connectivity index (χ1v) is 6.78. The van der Waals surface area contributed by atoms with Crippen LogP contribution in [-0.2, 0) is 37.7 Å². The van der Waals surface area contributed by atoms with E-state index in [0.717, 1.165) is 0 Å². The van der Waals surface area contributed by atoms with Crippen LogP contribution < -0.4 is 0 Å². The van der Waals surface area contributed by atoms with Crippen LogP contribution in [-0.4, -0.2) is 65.4 Å². The van der Waals surface area contributed by atoms with E-state index >= 15 is 0 Å². The highest BCUT2D eigenvalue weighted by Gasteiger charge is 2.46. The summed E-state index contributed by atoms with van der Waals surface area (Å²) in [6.45, 7) is -0.625. The quantitative estimate of drug-likeness (QED) is 0.137. The fraction of sp³-hybridized carbons (Fsp3) is 0.833. The number of carboxylic acid groups (broad SMARTS) is 1. The summed E-state index contributed by atoms with van der Waals surface area (Å²) in [6.07, 6.45) is -6.68. The molecule has 0 aromatic heterocycles. The van der Waals surface area contributed by atoms with Gasteiger partial charge in [-0.3, -0.25) is 8.74 Å². The largest absolute Gasteiger partial charge is 0.479 e. The molecule has 1 fully saturated rings. The van der Waals surface area contributed by atoms with Crippen molar-refractivity contribution in [2.24, 2.45) is 0 Å². The van der Waals surface area contributed by atoms with Crippen molar-refractivity contribution in [3.8, 4) is 0 Å². The van der Waals surface area contributed by atoms with Crippen LogP contribution in [0.3, 0.4) is 0 Å². The molecule has 0 saturated carbocycles. The first-order valence-electron chi connectivity index (χ1n) is 4.74. The molecule has 0 aromatic carbocycles. The van der Waals surface area contributed by atoms with Gasteiger partial charge in [0.25, 0.3) is 0 Å². The third-order valence-electron chi connectivity index (χ3n) is 2.15. The lowest BCUT2D eigenvalue weighted by atomic mass is 10.0. The molecule has 12 nitrogen and oxygen atoms in total. The molecule has 4 atom stereocenters. The van der Waals surface area contributed by atoms with Gasteiger partial charge in [0, 0.05) is 0 Å². The highest BCUT2D eigenvalue weighted by atomic mass is 32.3. The van der Waals surface area contributed by atoms with Gasteiger partial charge in [0.15, 0.2) is 18.4 Å². The topological polar surface area (TPSA) is 178 Å². The number of hydrogen-bond acceptors (Lipinski definition) is 11. The number of aliphatic hydroxyl groups is 1. The zero-order chi connectivity index (χ0) is 15.3. The molecule has 14 heteroatoms. The SMILES string of the molecule is O=C(O)C1OCC(OS(=O)(=O)O)[C@H](O)[C@H]1OSOOO. The summed E-state index contributed by atoms with van der Waals surface area (Å²) in [5.74, 6) is -1.51. The van der Waals surface area contributed by atoms with Crippen molar-refractivity contribution >= 4 is 28.7 Å². The Bertz CT molecular complexity index is 422. The maximum absolute atomic E-state index is 10.9. The van der Waals surface area contributed by atoms with E-state index in [1.54, 1.807) is 0 Å². The maximum Gasteiger partial charge on any atom is 0.397 e. The fourth-order valence-electron chi connectivity index (χ4n) is 1.42. The average molecular weight is 338 g/mol. The molecule has 20 heavy (non-hydrogen) atoms. The zero-order valence-corrected chi connectivity index (χ0v) is 11.0. The molecule has 0 aromatic rings. The molecule has 0 aliphatic carbocycles. The first-order chi connectivity index (χ1) is 9.26. The Morgan fingerprint density at radius 1 is 1.40 bits per heavy atom. The van der Waals surface area contributed by atoms with Crippen LogP contribution in [0.5, 0.6) is 0 Å². The number of aliphatic hydroxyl groups excluding tert-OH is 1. The minimum Gasteiger partial charge on any atom is -0.479 e. The fourth-order valence-corrected chi connectivity index (χ4v) is 2.26.